The van der Waals surface area contributed by atoms with E-state index < -0.39 is 64.3 Å². The van der Waals surface area contributed by atoms with Gasteiger partial charge in [0.1, 0.15) is 12.6 Å². The fraction of sp³-hybridized carbons (Fsp3) is 0.500. The third-order valence-electron chi connectivity index (χ3n) is 7.85. The summed E-state index contributed by atoms with van der Waals surface area (Å²) in [7, 11) is 0. The first kappa shape index (κ1) is 40.4. The van der Waals surface area contributed by atoms with E-state index in [1.807, 2.05) is 81.4 Å². The van der Waals surface area contributed by atoms with E-state index in [0.29, 0.717) is 6.42 Å². The van der Waals surface area contributed by atoms with Crippen LogP contribution in [0.2, 0.25) is 0 Å². The second kappa shape index (κ2) is 20.0. The zero-order valence-electron chi connectivity index (χ0n) is 29.1. The minimum Gasteiger partial charge on any atom is -0.449 e. The largest absolute Gasteiger partial charge is 0.449 e. The molecule has 3 rings (SSSR count). The van der Waals surface area contributed by atoms with Crippen molar-refractivity contribution in [2.24, 2.45) is 5.92 Å². The third-order valence-corrected chi connectivity index (χ3v) is 10.0. The van der Waals surface area contributed by atoms with Crippen LogP contribution in [0.1, 0.15) is 70.5 Å². The lowest BCUT2D eigenvalue weighted by atomic mass is 9.99. The van der Waals surface area contributed by atoms with Gasteiger partial charge in [-0.25, -0.2) is 4.79 Å². The van der Waals surface area contributed by atoms with Gasteiger partial charge in [-0.05, 0) is 35.6 Å². The van der Waals surface area contributed by atoms with Gasteiger partial charge in [-0.2, -0.15) is 12.6 Å². The van der Waals surface area contributed by atoms with Crippen LogP contribution in [-0.2, 0) is 28.7 Å². The van der Waals surface area contributed by atoms with E-state index in [1.165, 1.54) is 16.7 Å². The van der Waals surface area contributed by atoms with E-state index in [1.54, 1.807) is 6.92 Å². The Morgan fingerprint density at radius 3 is 2.08 bits per heavy atom. The molecule has 272 valence electrons. The molecule has 2 aromatic carbocycles. The Morgan fingerprint density at radius 2 is 1.52 bits per heavy atom. The molecule has 14 heteroatoms. The number of Topliss-reactive ketones (excluding diaryl/α,β-unsaturated/α-hetero) is 1. The number of ether oxygens (including phenoxy) is 1. The summed E-state index contributed by atoms with van der Waals surface area (Å²) in [5.74, 6) is -2.67. The quantitative estimate of drug-likeness (QED) is 0.0884. The van der Waals surface area contributed by atoms with Gasteiger partial charge in [0.2, 0.25) is 23.5 Å². The van der Waals surface area contributed by atoms with Crippen LogP contribution < -0.4 is 21.3 Å². The van der Waals surface area contributed by atoms with Crippen LogP contribution in [0, 0.1) is 5.92 Å². The maximum atomic E-state index is 13.7. The molecular formula is C36H49N5O7S2. The fourth-order valence-corrected chi connectivity index (χ4v) is 7.07. The number of rotatable bonds is 18. The number of nitrogens with zero attached hydrogens (tertiary/aromatic N) is 1. The lowest BCUT2D eigenvalue weighted by Gasteiger charge is -2.26. The number of alkyl carbamates (subject to hydrolysis) is 1. The molecule has 0 aromatic heterocycles. The van der Waals surface area contributed by atoms with Gasteiger partial charge in [0, 0.05) is 13.0 Å². The first-order valence-corrected chi connectivity index (χ1v) is 18.4. The molecule has 0 bridgehead atoms. The maximum Gasteiger partial charge on any atom is 0.407 e. The van der Waals surface area contributed by atoms with Crippen molar-refractivity contribution in [1.29, 1.82) is 0 Å². The van der Waals surface area contributed by atoms with Crippen LogP contribution in [-0.4, -0.2) is 88.6 Å². The fourth-order valence-electron chi connectivity index (χ4n) is 5.38. The van der Waals surface area contributed by atoms with Crippen molar-refractivity contribution in [3.63, 3.8) is 0 Å². The molecule has 2 aromatic rings. The molecular weight excluding hydrogens is 679 g/mol. The van der Waals surface area contributed by atoms with Crippen molar-refractivity contribution in [3.05, 3.63) is 71.8 Å². The zero-order valence-corrected chi connectivity index (χ0v) is 30.8. The molecule has 1 heterocycles. The van der Waals surface area contributed by atoms with E-state index in [9.17, 15) is 28.8 Å². The molecule has 5 amide bonds. The van der Waals surface area contributed by atoms with Gasteiger partial charge in [-0.15, -0.1) is 11.8 Å². The summed E-state index contributed by atoms with van der Waals surface area (Å²) >= 11 is 6.34. The minimum absolute atomic E-state index is 0.119. The smallest absolute Gasteiger partial charge is 0.407 e. The molecule has 1 aliphatic heterocycles. The highest BCUT2D eigenvalue weighted by molar-refractivity contribution is 8.11. The predicted octanol–water partition coefficient (Wildman–Crippen LogP) is 3.61. The van der Waals surface area contributed by atoms with Crippen LogP contribution in [0.4, 0.5) is 4.79 Å². The summed E-state index contributed by atoms with van der Waals surface area (Å²) in [5, 5.41) is 10.4. The van der Waals surface area contributed by atoms with Crippen molar-refractivity contribution < 1.29 is 33.5 Å². The highest BCUT2D eigenvalue weighted by Crippen LogP contribution is 2.42. The van der Waals surface area contributed by atoms with Crippen molar-refractivity contribution in [2.45, 2.75) is 75.6 Å². The number of nitrogens with one attached hydrogen (secondary N) is 4. The number of amides is 5. The molecule has 0 aliphatic carbocycles. The number of likely N-dealkylation sites (tertiary alicyclic amines) is 1. The lowest BCUT2D eigenvalue weighted by Crippen LogP contribution is -2.54. The number of hydrogen-bond donors (Lipinski definition) is 5. The molecule has 0 radical (unpaired) electrons. The third kappa shape index (κ3) is 12.4. The van der Waals surface area contributed by atoms with Crippen molar-refractivity contribution in [3.8, 4) is 0 Å². The Morgan fingerprint density at radius 1 is 0.900 bits per heavy atom. The van der Waals surface area contributed by atoms with E-state index in [0.717, 1.165) is 23.3 Å². The van der Waals surface area contributed by atoms with Crippen molar-refractivity contribution >= 4 is 59.9 Å². The van der Waals surface area contributed by atoms with Crippen LogP contribution in [0.25, 0.3) is 0 Å². The highest BCUT2D eigenvalue weighted by Gasteiger charge is 2.47. The molecule has 4 N–H and O–H groups in total. The number of benzene rings is 2. The normalized spacial score (nSPS) is 17.6. The summed E-state index contributed by atoms with van der Waals surface area (Å²) < 4.78 is 4.35. The van der Waals surface area contributed by atoms with Crippen LogP contribution in [0.3, 0.4) is 0 Å². The lowest BCUT2D eigenvalue weighted by molar-refractivity contribution is -0.142. The van der Waals surface area contributed by atoms with E-state index in [2.05, 4.69) is 21.3 Å². The molecule has 3 atom stereocenters. The molecule has 50 heavy (non-hydrogen) atoms. The van der Waals surface area contributed by atoms with Crippen molar-refractivity contribution in [1.82, 2.24) is 26.2 Å². The maximum absolute atomic E-state index is 13.7. The van der Waals surface area contributed by atoms with Crippen LogP contribution in [0.15, 0.2) is 60.7 Å². The van der Waals surface area contributed by atoms with Gasteiger partial charge in [0.05, 0.1) is 29.3 Å². The van der Waals surface area contributed by atoms with Crippen molar-refractivity contribution in [2.75, 3.05) is 32.0 Å². The molecule has 1 aliphatic rings. The summed E-state index contributed by atoms with van der Waals surface area (Å²) in [6, 6.07) is 16.1. The van der Waals surface area contributed by atoms with Gasteiger partial charge in [-0.3, -0.25) is 24.0 Å². The number of ketones is 1. The molecule has 2 unspecified atom stereocenters. The number of carbonyl (C=O) groups excluding carboxylic acids is 6. The zero-order chi connectivity index (χ0) is 36.7. The minimum atomic E-state index is -1.18. The Bertz CT molecular complexity index is 1420. The first-order chi connectivity index (χ1) is 23.9. The summed E-state index contributed by atoms with van der Waals surface area (Å²) in [4.78, 5) is 79.7. The van der Waals surface area contributed by atoms with Gasteiger partial charge in [0.15, 0.2) is 0 Å². The first-order valence-electron chi connectivity index (χ1n) is 17.0. The van der Waals surface area contributed by atoms with E-state index in [4.69, 9.17) is 17.4 Å². The Balaban J connectivity index is 1.65. The van der Waals surface area contributed by atoms with Crippen LogP contribution >= 0.6 is 24.4 Å². The highest BCUT2D eigenvalue weighted by atomic mass is 32.2. The number of carbonyl (C=O) groups is 6. The molecule has 0 spiro atoms. The second-order valence-electron chi connectivity index (χ2n) is 12.6. The molecule has 0 saturated carbocycles. The Kier molecular flexibility index (Phi) is 16.1. The average Bonchev–Trinajstić information content (AvgIpc) is 3.48. The molecule has 1 saturated heterocycles. The van der Waals surface area contributed by atoms with Crippen LogP contribution in [0.5, 0.6) is 0 Å². The van der Waals surface area contributed by atoms with E-state index in [-0.39, 0.29) is 38.5 Å². The van der Waals surface area contributed by atoms with E-state index >= 15 is 0 Å². The average molecular weight is 728 g/mol. The predicted molar refractivity (Wildman–Crippen MR) is 196 cm³/mol. The Labute approximate surface area is 304 Å². The summed E-state index contributed by atoms with van der Waals surface area (Å²) in [5.41, 5.74) is 1.69. The summed E-state index contributed by atoms with van der Waals surface area (Å²) in [6.07, 6.45) is 0.946. The molecule has 1 fully saturated rings. The second-order valence-corrected chi connectivity index (χ2v) is 15.2. The Hall–Kier alpha value is -4.04. The SMILES string of the molecule is CCCSC1(S)C[C@@H](C(=O)NC(CCC)C(=O)C(=O)NCC(=O)NC(c2ccccc2)c2ccccc2)N(C(=O)CNC(=O)OCC(C)C)C1. The topological polar surface area (TPSA) is 163 Å². The summed E-state index contributed by atoms with van der Waals surface area (Å²) in [6.45, 7) is 7.07. The standard InChI is InChI=1S/C36H49N5O7S2/c1-5-13-27(32(44)34(46)37-20-29(42)40-31(25-14-9-7-10-15-25)26-16-11-8-12-17-26)39-33(45)28-19-36(49,50-18-6-2)23-41(28)30(43)21-38-35(47)48-22-24(3)4/h7-12,14-17,24,27-28,31,49H,5-6,13,18-23H2,1-4H3,(H,37,46)(H,38,47)(H,39,45)(H,40,42)/t27?,28-,36?/m0/s1. The van der Waals surface area contributed by atoms with Gasteiger partial charge >= 0.3 is 6.09 Å². The van der Waals surface area contributed by atoms with Gasteiger partial charge < -0.3 is 30.9 Å². The number of thioether (sulfide) groups is 1. The number of thiol groups is 1. The number of hydrogen-bond acceptors (Lipinski definition) is 9. The van der Waals surface area contributed by atoms with Gasteiger partial charge in [0.25, 0.3) is 5.91 Å². The van der Waals surface area contributed by atoms with Gasteiger partial charge in [-0.1, -0.05) is 94.8 Å². The molecule has 12 nitrogen and oxygen atoms in total. The monoisotopic (exact) mass is 727 g/mol.